The highest BCUT2D eigenvalue weighted by Crippen LogP contribution is 2.18. The molecule has 1 N–H and O–H groups in total. The van der Waals surface area contributed by atoms with Crippen molar-refractivity contribution in [2.45, 2.75) is 6.54 Å². The van der Waals surface area contributed by atoms with Crippen molar-refractivity contribution in [3.63, 3.8) is 0 Å². The van der Waals surface area contributed by atoms with Crippen LogP contribution in [-0.2, 0) is 6.54 Å². The molecule has 0 saturated heterocycles. The van der Waals surface area contributed by atoms with Crippen LogP contribution in [0.5, 0.6) is 5.75 Å². The third kappa shape index (κ3) is 4.08. The molecule has 1 heterocycles. The summed E-state index contributed by atoms with van der Waals surface area (Å²) in [5.74, 6) is 1.16. The molecule has 116 valence electrons. The Bertz CT molecular complexity index is 788. The van der Waals surface area contributed by atoms with Crippen molar-refractivity contribution in [2.24, 2.45) is 0 Å². The lowest BCUT2D eigenvalue weighted by Crippen LogP contribution is -2.26. The van der Waals surface area contributed by atoms with Crippen LogP contribution in [0, 0.1) is 0 Å². The summed E-state index contributed by atoms with van der Waals surface area (Å²) in [4.78, 5) is 15.9. The molecule has 0 atom stereocenters. The predicted molar refractivity (Wildman–Crippen MR) is 84.0 cm³/mol. The Hall–Kier alpha value is -2.86. The minimum Gasteiger partial charge on any atom is -0.410 e. The maximum absolute atomic E-state index is 11.7. The Labute approximate surface area is 137 Å². The summed E-state index contributed by atoms with van der Waals surface area (Å²) in [6, 6.07) is 15.8. The fourth-order valence-electron chi connectivity index (χ4n) is 1.82. The van der Waals surface area contributed by atoms with Crippen molar-refractivity contribution in [3.05, 3.63) is 65.5 Å². The second-order valence-electron chi connectivity index (χ2n) is 4.57. The first-order chi connectivity index (χ1) is 11.2. The van der Waals surface area contributed by atoms with Crippen LogP contribution in [0.3, 0.4) is 0 Å². The number of nitrogens with zero attached hydrogens (tertiary/aromatic N) is 2. The molecule has 3 aromatic rings. The summed E-state index contributed by atoms with van der Waals surface area (Å²) < 4.78 is 10.2. The first kappa shape index (κ1) is 15.1. The summed E-state index contributed by atoms with van der Waals surface area (Å²) in [6.45, 7) is 0.0757. The van der Waals surface area contributed by atoms with Gasteiger partial charge in [0.2, 0.25) is 11.7 Å². The van der Waals surface area contributed by atoms with Gasteiger partial charge in [-0.2, -0.15) is 4.98 Å². The molecule has 1 amide bonds. The van der Waals surface area contributed by atoms with E-state index in [4.69, 9.17) is 20.9 Å². The van der Waals surface area contributed by atoms with E-state index in [1.54, 1.807) is 48.5 Å². The zero-order valence-corrected chi connectivity index (χ0v) is 12.7. The van der Waals surface area contributed by atoms with E-state index in [0.29, 0.717) is 16.6 Å². The van der Waals surface area contributed by atoms with Crippen molar-refractivity contribution in [1.29, 1.82) is 0 Å². The molecule has 2 aromatic carbocycles. The van der Waals surface area contributed by atoms with Gasteiger partial charge >= 0.3 is 6.09 Å². The van der Waals surface area contributed by atoms with Crippen molar-refractivity contribution in [2.75, 3.05) is 0 Å². The number of carbonyl (C=O) groups is 1. The van der Waals surface area contributed by atoms with Crippen LogP contribution < -0.4 is 10.1 Å². The lowest BCUT2D eigenvalue weighted by molar-refractivity contribution is 0.198. The van der Waals surface area contributed by atoms with Crippen LogP contribution in [0.1, 0.15) is 5.89 Å². The molecule has 7 heteroatoms. The van der Waals surface area contributed by atoms with E-state index in [2.05, 4.69) is 15.5 Å². The maximum atomic E-state index is 11.7. The van der Waals surface area contributed by atoms with Gasteiger partial charge in [0.1, 0.15) is 12.3 Å². The smallest absolute Gasteiger partial charge is 0.410 e. The molecular weight excluding hydrogens is 318 g/mol. The Morgan fingerprint density at radius 1 is 1.13 bits per heavy atom. The maximum Gasteiger partial charge on any atom is 0.413 e. The monoisotopic (exact) mass is 329 g/mol. The van der Waals surface area contributed by atoms with E-state index >= 15 is 0 Å². The second kappa shape index (κ2) is 6.93. The molecule has 0 bridgehead atoms. The first-order valence-corrected chi connectivity index (χ1v) is 7.18. The van der Waals surface area contributed by atoms with Gasteiger partial charge in [-0.05, 0) is 36.4 Å². The number of rotatable bonds is 4. The van der Waals surface area contributed by atoms with Gasteiger partial charge in [-0.15, -0.1) is 0 Å². The van der Waals surface area contributed by atoms with E-state index in [1.165, 1.54) is 0 Å². The fraction of sp³-hybridized carbons (Fsp3) is 0.0625. The fourth-order valence-corrected chi connectivity index (χ4v) is 1.95. The molecule has 0 aliphatic heterocycles. The van der Waals surface area contributed by atoms with Crippen LogP contribution in [-0.4, -0.2) is 16.2 Å². The predicted octanol–water partition coefficient (Wildman–Crippen LogP) is 3.68. The number of hydrogen-bond acceptors (Lipinski definition) is 5. The average molecular weight is 330 g/mol. The van der Waals surface area contributed by atoms with E-state index in [0.717, 1.165) is 5.56 Å². The Morgan fingerprint density at radius 2 is 1.87 bits per heavy atom. The lowest BCUT2D eigenvalue weighted by atomic mass is 10.2. The topological polar surface area (TPSA) is 77.3 Å². The molecule has 0 saturated carbocycles. The minimum absolute atomic E-state index is 0.0757. The second-order valence-corrected chi connectivity index (χ2v) is 5.01. The van der Waals surface area contributed by atoms with Gasteiger partial charge in [0, 0.05) is 10.6 Å². The van der Waals surface area contributed by atoms with Gasteiger partial charge in [0.25, 0.3) is 0 Å². The number of carbonyl (C=O) groups excluding carboxylic acids is 1. The highest BCUT2D eigenvalue weighted by molar-refractivity contribution is 6.30. The number of halogens is 1. The van der Waals surface area contributed by atoms with Crippen LogP contribution in [0.4, 0.5) is 4.79 Å². The van der Waals surface area contributed by atoms with Gasteiger partial charge in [-0.1, -0.05) is 35.0 Å². The molecule has 23 heavy (non-hydrogen) atoms. The van der Waals surface area contributed by atoms with Crippen LogP contribution in [0.25, 0.3) is 11.4 Å². The minimum atomic E-state index is -0.595. The summed E-state index contributed by atoms with van der Waals surface area (Å²) in [6.07, 6.45) is -0.595. The number of amides is 1. The molecule has 3 rings (SSSR count). The molecule has 1 aromatic heterocycles. The average Bonchev–Trinajstić information content (AvgIpc) is 3.04. The highest BCUT2D eigenvalue weighted by Gasteiger charge is 2.10. The summed E-state index contributed by atoms with van der Waals surface area (Å²) in [5, 5.41) is 7.03. The number of nitrogens with one attached hydrogen (secondary N) is 1. The largest absolute Gasteiger partial charge is 0.413 e. The number of benzene rings is 2. The molecule has 0 fully saturated rings. The highest BCUT2D eigenvalue weighted by atomic mass is 35.5. The van der Waals surface area contributed by atoms with Gasteiger partial charge in [-0.25, -0.2) is 4.79 Å². The number of para-hydroxylation sites is 1. The Morgan fingerprint density at radius 3 is 2.61 bits per heavy atom. The first-order valence-electron chi connectivity index (χ1n) is 6.80. The Balaban J connectivity index is 1.57. The van der Waals surface area contributed by atoms with Gasteiger partial charge < -0.3 is 14.6 Å². The SMILES string of the molecule is O=C(NCc1nc(-c2ccc(Cl)cc2)no1)Oc1ccccc1. The van der Waals surface area contributed by atoms with E-state index < -0.39 is 6.09 Å². The van der Waals surface area contributed by atoms with Crippen molar-refractivity contribution in [3.8, 4) is 17.1 Å². The number of ether oxygens (including phenoxy) is 1. The van der Waals surface area contributed by atoms with Crippen LogP contribution >= 0.6 is 11.6 Å². The number of aromatic nitrogens is 2. The Kier molecular flexibility index (Phi) is 4.54. The van der Waals surface area contributed by atoms with E-state index in [9.17, 15) is 4.79 Å². The normalized spacial score (nSPS) is 10.3. The molecule has 0 spiro atoms. The standard InChI is InChI=1S/C16H12ClN3O3/c17-12-8-6-11(7-9-12)15-19-14(23-20-15)10-18-16(21)22-13-4-2-1-3-5-13/h1-9H,10H2,(H,18,21). The molecular formula is C16H12ClN3O3. The summed E-state index contributed by atoms with van der Waals surface area (Å²) in [7, 11) is 0. The molecule has 0 aliphatic carbocycles. The van der Waals surface area contributed by atoms with Crippen molar-refractivity contribution >= 4 is 17.7 Å². The molecule has 0 aliphatic rings. The van der Waals surface area contributed by atoms with E-state index in [-0.39, 0.29) is 12.4 Å². The number of hydrogen-bond donors (Lipinski definition) is 1. The zero-order valence-electron chi connectivity index (χ0n) is 11.9. The third-order valence-electron chi connectivity index (χ3n) is 2.91. The quantitative estimate of drug-likeness (QED) is 0.790. The molecule has 0 radical (unpaired) electrons. The van der Waals surface area contributed by atoms with Crippen molar-refractivity contribution in [1.82, 2.24) is 15.5 Å². The van der Waals surface area contributed by atoms with Crippen LogP contribution in [0.15, 0.2) is 59.1 Å². The summed E-state index contributed by atoms with van der Waals surface area (Å²) >= 11 is 5.83. The zero-order chi connectivity index (χ0) is 16.1. The molecule has 6 nitrogen and oxygen atoms in total. The van der Waals surface area contributed by atoms with Gasteiger partial charge in [0.05, 0.1) is 0 Å². The van der Waals surface area contributed by atoms with Gasteiger partial charge in [0.15, 0.2) is 0 Å². The van der Waals surface area contributed by atoms with Crippen molar-refractivity contribution < 1.29 is 14.1 Å². The lowest BCUT2D eigenvalue weighted by Gasteiger charge is -2.03. The van der Waals surface area contributed by atoms with E-state index in [1.807, 2.05) is 6.07 Å². The third-order valence-corrected chi connectivity index (χ3v) is 3.16. The molecule has 0 unspecified atom stereocenters. The summed E-state index contributed by atoms with van der Waals surface area (Å²) in [5.41, 5.74) is 0.774. The van der Waals surface area contributed by atoms with Crippen LogP contribution in [0.2, 0.25) is 5.02 Å². The van der Waals surface area contributed by atoms with Gasteiger partial charge in [-0.3, -0.25) is 0 Å².